The lowest BCUT2D eigenvalue weighted by Gasteiger charge is -2.18. The fraction of sp³-hybridized carbons (Fsp3) is 0.571. The summed E-state index contributed by atoms with van der Waals surface area (Å²) in [5, 5.41) is 4.27. The molecule has 0 radical (unpaired) electrons. The molecule has 1 nitrogen and oxygen atoms in total. The lowest BCUT2D eigenvalue weighted by Crippen LogP contribution is -2.29. The van der Waals surface area contributed by atoms with Gasteiger partial charge in [0.15, 0.2) is 0 Å². The molecule has 0 aromatic heterocycles. The van der Waals surface area contributed by atoms with Crippen LogP contribution >= 0.6 is 11.6 Å². The Labute approximate surface area is 103 Å². The van der Waals surface area contributed by atoms with E-state index in [4.69, 9.17) is 11.6 Å². The van der Waals surface area contributed by atoms with Crippen LogP contribution in [0.25, 0.3) is 0 Å². The van der Waals surface area contributed by atoms with Gasteiger partial charge in [0, 0.05) is 11.1 Å². The van der Waals surface area contributed by atoms with Gasteiger partial charge in [-0.1, -0.05) is 30.2 Å². The first-order valence-corrected chi connectivity index (χ1v) is 6.59. The highest BCUT2D eigenvalue weighted by atomic mass is 35.5. The average molecular weight is 238 g/mol. The number of hydrogen-bond donors (Lipinski definition) is 1. The minimum atomic E-state index is 0.743. The van der Waals surface area contributed by atoms with Gasteiger partial charge < -0.3 is 5.32 Å². The molecule has 2 atom stereocenters. The van der Waals surface area contributed by atoms with Crippen molar-refractivity contribution in [2.75, 3.05) is 7.05 Å². The zero-order valence-electron chi connectivity index (χ0n) is 9.88. The first-order chi connectivity index (χ1) is 7.79. The van der Waals surface area contributed by atoms with Crippen LogP contribution in [0.4, 0.5) is 0 Å². The topological polar surface area (TPSA) is 12.0 Å². The normalized spacial score (nSPS) is 24.9. The van der Waals surface area contributed by atoms with E-state index >= 15 is 0 Å². The molecule has 1 aliphatic rings. The van der Waals surface area contributed by atoms with E-state index in [1.54, 1.807) is 0 Å². The summed E-state index contributed by atoms with van der Waals surface area (Å²) in [4.78, 5) is 0. The smallest absolute Gasteiger partial charge is 0.0406 e. The van der Waals surface area contributed by atoms with Crippen LogP contribution in [0.1, 0.15) is 31.2 Å². The number of halogens is 1. The lowest BCUT2D eigenvalue weighted by molar-refractivity contribution is 0.400. The second-order valence-electron chi connectivity index (χ2n) is 4.75. The van der Waals surface area contributed by atoms with E-state index in [1.165, 1.54) is 37.7 Å². The quantitative estimate of drug-likeness (QED) is 0.843. The Balaban J connectivity index is 1.85. The van der Waals surface area contributed by atoms with Crippen molar-refractivity contribution in [1.29, 1.82) is 0 Å². The Kier molecular flexibility index (Phi) is 4.25. The molecule has 1 aromatic rings. The summed E-state index contributed by atoms with van der Waals surface area (Å²) in [6.45, 7) is 0. The number of benzene rings is 1. The highest BCUT2D eigenvalue weighted by molar-refractivity contribution is 6.30. The van der Waals surface area contributed by atoms with E-state index in [1.807, 2.05) is 12.1 Å². The van der Waals surface area contributed by atoms with Gasteiger partial charge in [-0.25, -0.2) is 0 Å². The first-order valence-electron chi connectivity index (χ1n) is 6.21. The van der Waals surface area contributed by atoms with Gasteiger partial charge in [-0.3, -0.25) is 0 Å². The molecule has 2 unspecified atom stereocenters. The maximum Gasteiger partial charge on any atom is 0.0406 e. The summed E-state index contributed by atoms with van der Waals surface area (Å²) in [6.07, 6.45) is 6.60. The van der Waals surface area contributed by atoms with Crippen LogP contribution in [-0.2, 0) is 6.42 Å². The van der Waals surface area contributed by atoms with Crippen LogP contribution in [0.5, 0.6) is 0 Å². The van der Waals surface area contributed by atoms with E-state index in [2.05, 4.69) is 24.5 Å². The van der Waals surface area contributed by atoms with Gasteiger partial charge in [-0.2, -0.15) is 0 Å². The van der Waals surface area contributed by atoms with Gasteiger partial charge in [0.2, 0.25) is 0 Å². The molecular formula is C14H20ClN. The Morgan fingerprint density at radius 1 is 1.25 bits per heavy atom. The van der Waals surface area contributed by atoms with Gasteiger partial charge in [-0.05, 0) is 56.3 Å². The summed E-state index contributed by atoms with van der Waals surface area (Å²) in [5.41, 5.74) is 1.41. The number of nitrogens with one attached hydrogen (secondary N) is 1. The van der Waals surface area contributed by atoms with Crippen molar-refractivity contribution in [2.45, 2.75) is 38.1 Å². The Morgan fingerprint density at radius 3 is 2.69 bits per heavy atom. The molecule has 0 saturated heterocycles. The predicted molar refractivity (Wildman–Crippen MR) is 70.0 cm³/mol. The third-order valence-electron chi connectivity index (χ3n) is 3.75. The third kappa shape index (κ3) is 2.99. The molecule has 1 aliphatic carbocycles. The monoisotopic (exact) mass is 237 g/mol. The molecule has 0 spiro atoms. The minimum absolute atomic E-state index is 0.743. The van der Waals surface area contributed by atoms with Crippen LogP contribution in [0.3, 0.4) is 0 Å². The largest absolute Gasteiger partial charge is 0.317 e. The van der Waals surface area contributed by atoms with Crippen LogP contribution in [-0.4, -0.2) is 13.1 Å². The first kappa shape index (κ1) is 11.9. The number of aryl methyl sites for hydroxylation is 1. The molecule has 88 valence electrons. The van der Waals surface area contributed by atoms with Crippen molar-refractivity contribution in [3.63, 3.8) is 0 Å². The fourth-order valence-corrected chi connectivity index (χ4v) is 2.89. The number of rotatable bonds is 4. The van der Waals surface area contributed by atoms with E-state index in [0.717, 1.165) is 17.0 Å². The van der Waals surface area contributed by atoms with E-state index in [0.29, 0.717) is 0 Å². The van der Waals surface area contributed by atoms with Crippen molar-refractivity contribution in [3.8, 4) is 0 Å². The van der Waals surface area contributed by atoms with Crippen molar-refractivity contribution < 1.29 is 0 Å². The molecule has 16 heavy (non-hydrogen) atoms. The summed E-state index contributed by atoms with van der Waals surface area (Å²) in [7, 11) is 2.09. The van der Waals surface area contributed by atoms with E-state index < -0.39 is 0 Å². The molecule has 1 N–H and O–H groups in total. The highest BCUT2D eigenvalue weighted by Gasteiger charge is 2.24. The van der Waals surface area contributed by atoms with Gasteiger partial charge >= 0.3 is 0 Å². The molecule has 0 bridgehead atoms. The zero-order chi connectivity index (χ0) is 11.4. The highest BCUT2D eigenvalue weighted by Crippen LogP contribution is 2.29. The van der Waals surface area contributed by atoms with E-state index in [9.17, 15) is 0 Å². The van der Waals surface area contributed by atoms with Crippen LogP contribution in [0.2, 0.25) is 5.02 Å². The van der Waals surface area contributed by atoms with Crippen molar-refractivity contribution in [2.24, 2.45) is 5.92 Å². The SMILES string of the molecule is CNC1CCCC1CCc1ccc(Cl)cc1. The molecule has 0 heterocycles. The van der Waals surface area contributed by atoms with Crippen molar-refractivity contribution in [3.05, 3.63) is 34.9 Å². The summed E-state index contributed by atoms with van der Waals surface area (Å²) in [6, 6.07) is 9.01. The molecule has 1 aromatic carbocycles. The summed E-state index contributed by atoms with van der Waals surface area (Å²) in [5.74, 6) is 0.862. The van der Waals surface area contributed by atoms with Crippen molar-refractivity contribution in [1.82, 2.24) is 5.32 Å². The van der Waals surface area contributed by atoms with Crippen molar-refractivity contribution >= 4 is 11.6 Å². The second-order valence-corrected chi connectivity index (χ2v) is 5.19. The lowest BCUT2D eigenvalue weighted by atomic mass is 9.95. The summed E-state index contributed by atoms with van der Waals surface area (Å²) >= 11 is 5.87. The second kappa shape index (κ2) is 5.70. The Hall–Kier alpha value is -0.530. The summed E-state index contributed by atoms with van der Waals surface area (Å²) < 4.78 is 0. The third-order valence-corrected chi connectivity index (χ3v) is 4.00. The molecule has 0 amide bonds. The molecule has 2 heteroatoms. The number of hydrogen-bond acceptors (Lipinski definition) is 1. The zero-order valence-corrected chi connectivity index (χ0v) is 10.6. The van der Waals surface area contributed by atoms with Crippen LogP contribution < -0.4 is 5.32 Å². The Bertz CT molecular complexity index is 320. The molecular weight excluding hydrogens is 218 g/mol. The minimum Gasteiger partial charge on any atom is -0.317 e. The van der Waals surface area contributed by atoms with Crippen LogP contribution in [0.15, 0.2) is 24.3 Å². The fourth-order valence-electron chi connectivity index (χ4n) is 2.77. The maximum atomic E-state index is 5.87. The standard InChI is InChI=1S/C14H20ClN/c1-16-14-4-2-3-12(14)8-5-11-6-9-13(15)10-7-11/h6-7,9-10,12,14,16H,2-5,8H2,1H3. The van der Waals surface area contributed by atoms with E-state index in [-0.39, 0.29) is 0 Å². The van der Waals surface area contributed by atoms with Crippen LogP contribution in [0, 0.1) is 5.92 Å². The maximum absolute atomic E-state index is 5.87. The predicted octanol–water partition coefficient (Wildman–Crippen LogP) is 3.66. The molecule has 1 fully saturated rings. The molecule has 2 rings (SSSR count). The molecule has 1 saturated carbocycles. The van der Waals surface area contributed by atoms with Gasteiger partial charge in [0.05, 0.1) is 0 Å². The van der Waals surface area contributed by atoms with Gasteiger partial charge in [0.25, 0.3) is 0 Å². The Morgan fingerprint density at radius 2 is 2.00 bits per heavy atom. The molecule has 0 aliphatic heterocycles. The average Bonchev–Trinajstić information content (AvgIpc) is 2.76. The van der Waals surface area contributed by atoms with Gasteiger partial charge in [0.1, 0.15) is 0 Å². The van der Waals surface area contributed by atoms with Gasteiger partial charge in [-0.15, -0.1) is 0 Å².